The van der Waals surface area contributed by atoms with E-state index in [9.17, 15) is 4.79 Å². The maximum absolute atomic E-state index is 11.1. The van der Waals surface area contributed by atoms with Crippen LogP contribution < -0.4 is 0 Å². The summed E-state index contributed by atoms with van der Waals surface area (Å²) in [6, 6.07) is 6.72. The topological polar surface area (TPSA) is 76.2 Å². The van der Waals surface area contributed by atoms with Crippen LogP contribution in [0.3, 0.4) is 0 Å². The molecule has 0 radical (unpaired) electrons. The molecule has 3 rings (SSSR count). The van der Waals surface area contributed by atoms with E-state index in [1.165, 1.54) is 6.07 Å². The van der Waals surface area contributed by atoms with Gasteiger partial charge in [-0.05, 0) is 30.7 Å². The number of hydrogen-bond donors (Lipinski definition) is 1. The third kappa shape index (κ3) is 1.95. The lowest BCUT2D eigenvalue weighted by molar-refractivity contribution is 0.0699. The molecular formula is C14H10N2O3. The van der Waals surface area contributed by atoms with Gasteiger partial charge in [0, 0.05) is 12.4 Å². The van der Waals surface area contributed by atoms with E-state index in [4.69, 9.17) is 9.52 Å². The van der Waals surface area contributed by atoms with Crippen LogP contribution in [0.15, 0.2) is 41.1 Å². The number of aromatic carboxylic acids is 1. The highest BCUT2D eigenvalue weighted by Crippen LogP contribution is 2.26. The van der Waals surface area contributed by atoms with Crippen LogP contribution in [-0.4, -0.2) is 21.0 Å². The Balaban J connectivity index is 2.22. The molecule has 2 heterocycles. The average molecular weight is 254 g/mol. The molecule has 0 unspecified atom stereocenters. The van der Waals surface area contributed by atoms with Crippen LogP contribution >= 0.6 is 0 Å². The Morgan fingerprint density at radius 2 is 2.16 bits per heavy atom. The van der Waals surface area contributed by atoms with Crippen LogP contribution in [0.5, 0.6) is 0 Å². The van der Waals surface area contributed by atoms with Gasteiger partial charge in [0.15, 0.2) is 5.58 Å². The Bertz CT molecular complexity index is 777. The Kier molecular flexibility index (Phi) is 2.52. The first kappa shape index (κ1) is 11.4. The quantitative estimate of drug-likeness (QED) is 0.760. The molecule has 0 aliphatic heterocycles. The number of hydrogen-bond acceptors (Lipinski definition) is 4. The number of carbonyl (C=O) groups is 1. The number of fused-ring (bicyclic) bond motifs is 1. The van der Waals surface area contributed by atoms with Crippen molar-refractivity contribution in [3.05, 3.63) is 47.8 Å². The third-order valence-corrected chi connectivity index (χ3v) is 2.77. The number of benzene rings is 1. The maximum Gasteiger partial charge on any atom is 0.338 e. The van der Waals surface area contributed by atoms with Crippen LogP contribution in [-0.2, 0) is 0 Å². The van der Waals surface area contributed by atoms with Gasteiger partial charge in [0.25, 0.3) is 0 Å². The van der Waals surface area contributed by atoms with E-state index >= 15 is 0 Å². The molecule has 94 valence electrons. The normalized spacial score (nSPS) is 10.8. The molecular weight excluding hydrogens is 244 g/mol. The monoisotopic (exact) mass is 254 g/mol. The number of aromatic nitrogens is 2. The van der Waals surface area contributed by atoms with Crippen molar-refractivity contribution in [2.45, 2.75) is 6.92 Å². The van der Waals surface area contributed by atoms with Crippen molar-refractivity contribution in [2.75, 3.05) is 0 Å². The SMILES string of the molecule is Cc1cncc(-c2nc3c(C(=O)O)cccc3o2)c1. The summed E-state index contributed by atoms with van der Waals surface area (Å²) in [5.74, 6) is -0.646. The summed E-state index contributed by atoms with van der Waals surface area (Å²) in [5.41, 5.74) is 2.65. The summed E-state index contributed by atoms with van der Waals surface area (Å²) in [5, 5.41) is 9.11. The van der Waals surface area contributed by atoms with Crippen molar-refractivity contribution >= 4 is 17.1 Å². The third-order valence-electron chi connectivity index (χ3n) is 2.77. The maximum atomic E-state index is 11.1. The summed E-state index contributed by atoms with van der Waals surface area (Å²) in [6.07, 6.45) is 3.37. The minimum atomic E-state index is -1.02. The second kappa shape index (κ2) is 4.20. The Labute approximate surface area is 108 Å². The summed E-state index contributed by atoms with van der Waals surface area (Å²) in [6.45, 7) is 1.92. The van der Waals surface area contributed by atoms with Crippen molar-refractivity contribution in [1.29, 1.82) is 0 Å². The lowest BCUT2D eigenvalue weighted by Crippen LogP contribution is -1.96. The van der Waals surface area contributed by atoms with Crippen molar-refractivity contribution in [3.63, 3.8) is 0 Å². The van der Waals surface area contributed by atoms with Crippen LogP contribution in [0.2, 0.25) is 0 Å². The minimum Gasteiger partial charge on any atom is -0.478 e. The van der Waals surface area contributed by atoms with Gasteiger partial charge in [0.05, 0.1) is 11.1 Å². The summed E-state index contributed by atoms with van der Waals surface area (Å²) in [7, 11) is 0. The molecule has 0 saturated heterocycles. The zero-order valence-corrected chi connectivity index (χ0v) is 10.1. The average Bonchev–Trinajstić information content (AvgIpc) is 2.82. The smallest absolute Gasteiger partial charge is 0.338 e. The van der Waals surface area contributed by atoms with Gasteiger partial charge in [-0.1, -0.05) is 6.07 Å². The number of carboxylic acids is 1. The summed E-state index contributed by atoms with van der Waals surface area (Å²) < 4.78 is 5.59. The van der Waals surface area contributed by atoms with Gasteiger partial charge in [-0.15, -0.1) is 0 Å². The lowest BCUT2D eigenvalue weighted by atomic mass is 10.2. The largest absolute Gasteiger partial charge is 0.478 e. The summed E-state index contributed by atoms with van der Waals surface area (Å²) in [4.78, 5) is 19.5. The van der Waals surface area contributed by atoms with Crippen molar-refractivity contribution < 1.29 is 14.3 Å². The van der Waals surface area contributed by atoms with E-state index < -0.39 is 5.97 Å². The Hall–Kier alpha value is -2.69. The standard InChI is InChI=1S/C14H10N2O3/c1-8-5-9(7-15-6-8)13-16-12-10(14(17)18)3-2-4-11(12)19-13/h2-7H,1H3,(H,17,18). The van der Waals surface area contributed by atoms with E-state index in [0.29, 0.717) is 17.0 Å². The number of pyridine rings is 1. The van der Waals surface area contributed by atoms with Gasteiger partial charge >= 0.3 is 5.97 Å². The van der Waals surface area contributed by atoms with E-state index in [1.54, 1.807) is 24.5 Å². The minimum absolute atomic E-state index is 0.133. The molecule has 5 nitrogen and oxygen atoms in total. The zero-order chi connectivity index (χ0) is 13.4. The van der Waals surface area contributed by atoms with Gasteiger partial charge in [0.1, 0.15) is 5.52 Å². The number of oxazole rings is 1. The number of nitrogens with zero attached hydrogens (tertiary/aromatic N) is 2. The van der Waals surface area contributed by atoms with Crippen LogP contribution in [0, 0.1) is 6.92 Å². The summed E-state index contributed by atoms with van der Waals surface area (Å²) >= 11 is 0. The molecule has 1 N–H and O–H groups in total. The van der Waals surface area contributed by atoms with E-state index in [1.807, 2.05) is 13.0 Å². The predicted octanol–water partition coefficient (Wildman–Crippen LogP) is 2.90. The molecule has 0 bridgehead atoms. The molecule has 0 saturated carbocycles. The number of carboxylic acid groups (broad SMARTS) is 1. The first-order valence-electron chi connectivity index (χ1n) is 5.70. The van der Waals surface area contributed by atoms with Crippen LogP contribution in [0.1, 0.15) is 15.9 Å². The highest BCUT2D eigenvalue weighted by Gasteiger charge is 2.15. The van der Waals surface area contributed by atoms with E-state index in [0.717, 1.165) is 11.1 Å². The van der Waals surface area contributed by atoms with Crippen molar-refractivity contribution in [3.8, 4) is 11.5 Å². The van der Waals surface area contributed by atoms with Crippen molar-refractivity contribution in [1.82, 2.24) is 9.97 Å². The first-order valence-corrected chi connectivity index (χ1v) is 5.70. The molecule has 0 atom stereocenters. The Morgan fingerprint density at radius 1 is 1.32 bits per heavy atom. The second-order valence-corrected chi connectivity index (χ2v) is 4.23. The van der Waals surface area contributed by atoms with Gasteiger partial charge in [0.2, 0.25) is 5.89 Å². The molecule has 0 spiro atoms. The predicted molar refractivity (Wildman–Crippen MR) is 68.9 cm³/mol. The van der Waals surface area contributed by atoms with Gasteiger partial charge in [-0.3, -0.25) is 4.98 Å². The van der Waals surface area contributed by atoms with Gasteiger partial charge < -0.3 is 9.52 Å². The fourth-order valence-corrected chi connectivity index (χ4v) is 1.92. The molecule has 19 heavy (non-hydrogen) atoms. The van der Waals surface area contributed by atoms with Gasteiger partial charge in [-0.2, -0.15) is 0 Å². The molecule has 0 aliphatic rings. The second-order valence-electron chi connectivity index (χ2n) is 4.23. The fourth-order valence-electron chi connectivity index (χ4n) is 1.92. The lowest BCUT2D eigenvalue weighted by Gasteiger charge is -1.95. The molecule has 2 aromatic heterocycles. The van der Waals surface area contributed by atoms with E-state index in [2.05, 4.69) is 9.97 Å². The van der Waals surface area contributed by atoms with Crippen molar-refractivity contribution in [2.24, 2.45) is 0 Å². The molecule has 3 aromatic rings. The van der Waals surface area contributed by atoms with Crippen LogP contribution in [0.4, 0.5) is 0 Å². The zero-order valence-electron chi connectivity index (χ0n) is 10.1. The molecule has 0 fully saturated rings. The van der Waals surface area contributed by atoms with Gasteiger partial charge in [-0.25, -0.2) is 9.78 Å². The van der Waals surface area contributed by atoms with E-state index in [-0.39, 0.29) is 5.56 Å². The Morgan fingerprint density at radius 3 is 2.89 bits per heavy atom. The molecule has 0 aliphatic carbocycles. The number of rotatable bonds is 2. The molecule has 1 aromatic carbocycles. The number of para-hydroxylation sites is 1. The molecule has 5 heteroatoms. The first-order chi connectivity index (χ1) is 9.15. The highest BCUT2D eigenvalue weighted by molar-refractivity contribution is 6.00. The fraction of sp³-hybridized carbons (Fsp3) is 0.0714. The molecule has 0 amide bonds. The van der Waals surface area contributed by atoms with Crippen LogP contribution in [0.25, 0.3) is 22.6 Å². The highest BCUT2D eigenvalue weighted by atomic mass is 16.4. The number of aryl methyl sites for hydroxylation is 1.